The molecule has 1 N–H and O–H groups in total. The van der Waals surface area contributed by atoms with Gasteiger partial charge in [-0.2, -0.15) is 0 Å². The molecule has 1 aliphatic carbocycles. The van der Waals surface area contributed by atoms with Crippen molar-refractivity contribution >= 4 is 45.7 Å². The Kier molecular flexibility index (Phi) is 8.42. The molecule has 3 aliphatic rings. The summed E-state index contributed by atoms with van der Waals surface area (Å²) >= 11 is 12.4. The van der Waals surface area contributed by atoms with E-state index in [9.17, 15) is 4.79 Å². The number of likely N-dealkylation sites (tertiary alicyclic amines) is 1. The van der Waals surface area contributed by atoms with Crippen LogP contribution in [0.3, 0.4) is 0 Å². The first-order valence-electron chi connectivity index (χ1n) is 15.7. The second kappa shape index (κ2) is 12.6. The van der Waals surface area contributed by atoms with Crippen LogP contribution in [0.25, 0.3) is 22.0 Å². The summed E-state index contributed by atoms with van der Waals surface area (Å²) in [5.74, 6) is 0.476. The summed E-state index contributed by atoms with van der Waals surface area (Å²) in [6.07, 6.45) is 10.6. The molecule has 2 aliphatic heterocycles. The van der Waals surface area contributed by atoms with E-state index in [1.165, 1.54) is 47.9 Å². The summed E-state index contributed by atoms with van der Waals surface area (Å²) in [6, 6.07) is 23.7. The van der Waals surface area contributed by atoms with Gasteiger partial charge in [0.05, 0.1) is 12.1 Å². The molecule has 0 spiro atoms. The number of anilines is 1. The van der Waals surface area contributed by atoms with Crippen LogP contribution in [0.2, 0.25) is 10.0 Å². The zero-order valence-electron chi connectivity index (χ0n) is 24.4. The van der Waals surface area contributed by atoms with Gasteiger partial charge < -0.3 is 10.2 Å². The number of piperidine rings is 1. The van der Waals surface area contributed by atoms with Crippen molar-refractivity contribution in [2.24, 2.45) is 5.92 Å². The third-order valence-corrected chi connectivity index (χ3v) is 10.3. The van der Waals surface area contributed by atoms with E-state index in [1.54, 1.807) is 18.2 Å². The van der Waals surface area contributed by atoms with E-state index in [4.69, 9.17) is 28.2 Å². The lowest BCUT2D eigenvalue weighted by atomic mass is 9.79. The normalized spacial score (nSPS) is 20.4. The molecule has 222 valence electrons. The van der Waals surface area contributed by atoms with Crippen LogP contribution in [0.15, 0.2) is 72.9 Å². The Morgan fingerprint density at radius 1 is 0.884 bits per heavy atom. The molecule has 4 aromatic rings. The lowest BCUT2D eigenvalue weighted by Crippen LogP contribution is -2.47. The molecule has 1 unspecified atom stereocenters. The molecule has 1 aromatic heterocycles. The van der Waals surface area contributed by atoms with Gasteiger partial charge in [-0.1, -0.05) is 78.5 Å². The van der Waals surface area contributed by atoms with Crippen molar-refractivity contribution in [3.63, 3.8) is 0 Å². The highest BCUT2D eigenvalue weighted by molar-refractivity contribution is 6.35. The number of carbonyl (C=O) groups is 1. The minimum absolute atomic E-state index is 0.0337. The number of amides is 1. The quantitative estimate of drug-likeness (QED) is 0.237. The number of fused-ring (bicyclic) bond motifs is 2. The first-order valence-corrected chi connectivity index (χ1v) is 16.5. The molecular weight excluding hydrogens is 575 g/mol. The lowest BCUT2D eigenvalue weighted by Gasteiger charge is -2.45. The minimum atomic E-state index is -0.0337. The molecule has 5 nitrogen and oxygen atoms in total. The van der Waals surface area contributed by atoms with E-state index in [0.29, 0.717) is 28.2 Å². The molecule has 2 fully saturated rings. The molecule has 7 heteroatoms. The number of nitrogens with zero attached hydrogens (tertiary/aromatic N) is 3. The molecule has 3 heterocycles. The first-order chi connectivity index (χ1) is 21.0. The van der Waals surface area contributed by atoms with Gasteiger partial charge in [-0.3, -0.25) is 14.7 Å². The van der Waals surface area contributed by atoms with E-state index in [2.05, 4.69) is 57.6 Å². The molecule has 1 saturated carbocycles. The number of halogens is 2. The average molecular weight is 614 g/mol. The van der Waals surface area contributed by atoms with Gasteiger partial charge in [0.25, 0.3) is 0 Å². The molecule has 1 amide bonds. The number of pyridine rings is 1. The molecule has 7 rings (SSSR count). The van der Waals surface area contributed by atoms with Crippen LogP contribution in [0.5, 0.6) is 0 Å². The standard InChI is InChI=1S/C36H38Cl2N4O/c37-28-20-29(38)22-30(21-28)40-34(43)23-42-18-14-27-19-26(32-9-3-5-24-6-4-15-39-35(24)32)10-11-33(27)36(42)25-12-16-41(17-13-25)31-7-1-2-8-31/h3-6,9-11,15,19-22,25,31,36H,1-2,7-8,12-14,16-18,23H2,(H,40,43). The van der Waals surface area contributed by atoms with Gasteiger partial charge in [0.1, 0.15) is 0 Å². The Morgan fingerprint density at radius 3 is 2.44 bits per heavy atom. The zero-order chi connectivity index (χ0) is 29.3. The number of hydrogen-bond acceptors (Lipinski definition) is 4. The van der Waals surface area contributed by atoms with Gasteiger partial charge in [0, 0.05) is 51.5 Å². The topological polar surface area (TPSA) is 48.5 Å². The maximum atomic E-state index is 13.4. The summed E-state index contributed by atoms with van der Waals surface area (Å²) in [6.45, 7) is 3.50. The van der Waals surface area contributed by atoms with E-state index in [0.717, 1.165) is 55.8 Å². The van der Waals surface area contributed by atoms with Crippen LogP contribution in [0.1, 0.15) is 55.7 Å². The highest BCUT2D eigenvalue weighted by Crippen LogP contribution is 2.42. The molecule has 0 radical (unpaired) electrons. The molecule has 1 saturated heterocycles. The second-order valence-corrected chi connectivity index (χ2v) is 13.4. The summed E-state index contributed by atoms with van der Waals surface area (Å²) < 4.78 is 0. The lowest BCUT2D eigenvalue weighted by molar-refractivity contribution is -0.118. The Balaban J connectivity index is 1.17. The Hall–Kier alpha value is -2.96. The Labute approximate surface area is 264 Å². The summed E-state index contributed by atoms with van der Waals surface area (Å²) in [5, 5.41) is 5.23. The fraction of sp³-hybridized carbons (Fsp3) is 0.389. The van der Waals surface area contributed by atoms with Gasteiger partial charge in [0.2, 0.25) is 5.91 Å². The Morgan fingerprint density at radius 2 is 1.65 bits per heavy atom. The van der Waals surface area contributed by atoms with Crippen LogP contribution in [0.4, 0.5) is 5.69 Å². The van der Waals surface area contributed by atoms with Gasteiger partial charge in [-0.15, -0.1) is 0 Å². The number of hydrogen-bond donors (Lipinski definition) is 1. The smallest absolute Gasteiger partial charge is 0.238 e. The third kappa shape index (κ3) is 6.19. The van der Waals surface area contributed by atoms with E-state index < -0.39 is 0 Å². The fourth-order valence-corrected chi connectivity index (χ4v) is 8.35. The van der Waals surface area contributed by atoms with Gasteiger partial charge in [-0.25, -0.2) is 0 Å². The number of benzene rings is 3. The van der Waals surface area contributed by atoms with Crippen LogP contribution in [-0.2, 0) is 11.2 Å². The zero-order valence-corrected chi connectivity index (χ0v) is 26.0. The van der Waals surface area contributed by atoms with E-state index >= 15 is 0 Å². The molecule has 43 heavy (non-hydrogen) atoms. The number of para-hydroxylation sites is 1. The minimum Gasteiger partial charge on any atom is -0.325 e. The van der Waals surface area contributed by atoms with Crippen molar-refractivity contribution in [1.82, 2.24) is 14.8 Å². The molecule has 0 bridgehead atoms. The van der Waals surface area contributed by atoms with Crippen molar-refractivity contribution in [1.29, 1.82) is 0 Å². The molecule has 3 aromatic carbocycles. The van der Waals surface area contributed by atoms with Crippen molar-refractivity contribution in [3.05, 3.63) is 94.1 Å². The van der Waals surface area contributed by atoms with E-state index in [1.807, 2.05) is 12.3 Å². The second-order valence-electron chi connectivity index (χ2n) is 12.5. The number of carbonyl (C=O) groups excluding carboxylic acids is 1. The maximum absolute atomic E-state index is 13.4. The van der Waals surface area contributed by atoms with Gasteiger partial charge in [0.15, 0.2) is 0 Å². The largest absolute Gasteiger partial charge is 0.325 e. The number of rotatable bonds is 6. The average Bonchev–Trinajstić information content (AvgIpc) is 3.55. The maximum Gasteiger partial charge on any atom is 0.238 e. The number of nitrogens with one attached hydrogen (secondary N) is 1. The van der Waals surface area contributed by atoms with Crippen molar-refractivity contribution in [2.75, 3.05) is 31.5 Å². The van der Waals surface area contributed by atoms with Crippen LogP contribution >= 0.6 is 23.2 Å². The summed E-state index contributed by atoms with van der Waals surface area (Å²) in [5.41, 5.74) is 6.82. The molecular formula is C36H38Cl2N4O. The van der Waals surface area contributed by atoms with Crippen LogP contribution < -0.4 is 5.32 Å². The van der Waals surface area contributed by atoms with Crippen LogP contribution in [-0.4, -0.2) is 52.9 Å². The van der Waals surface area contributed by atoms with Gasteiger partial charge >= 0.3 is 0 Å². The van der Waals surface area contributed by atoms with Crippen molar-refractivity contribution in [2.45, 2.75) is 57.0 Å². The predicted octanol–water partition coefficient (Wildman–Crippen LogP) is 8.40. The highest BCUT2D eigenvalue weighted by atomic mass is 35.5. The summed E-state index contributed by atoms with van der Waals surface area (Å²) in [7, 11) is 0. The van der Waals surface area contributed by atoms with Crippen LogP contribution in [0, 0.1) is 5.92 Å². The first kappa shape index (κ1) is 28.8. The SMILES string of the molecule is O=C(CN1CCc2cc(-c3cccc4cccnc34)ccc2C1C1CCN(C2CCCC2)CC1)Nc1cc(Cl)cc(Cl)c1. The van der Waals surface area contributed by atoms with E-state index in [-0.39, 0.29) is 11.9 Å². The van der Waals surface area contributed by atoms with Gasteiger partial charge in [-0.05, 0) is 92.1 Å². The van der Waals surface area contributed by atoms with Crippen molar-refractivity contribution in [3.8, 4) is 11.1 Å². The fourth-order valence-electron chi connectivity index (χ4n) is 7.83. The number of aromatic nitrogens is 1. The third-order valence-electron chi connectivity index (χ3n) is 9.82. The Bertz CT molecular complexity index is 1600. The summed E-state index contributed by atoms with van der Waals surface area (Å²) in [4.78, 5) is 23.2. The monoisotopic (exact) mass is 612 g/mol. The van der Waals surface area contributed by atoms with Crippen molar-refractivity contribution < 1.29 is 4.79 Å². The highest BCUT2D eigenvalue weighted by Gasteiger charge is 2.37. The molecule has 1 atom stereocenters. The predicted molar refractivity (Wildman–Crippen MR) is 177 cm³/mol.